The summed E-state index contributed by atoms with van der Waals surface area (Å²) >= 11 is 0. The standard InChI is InChI=1S/C16H20N4O/c1-2-12-5-3-6-13(9-12)10-14(21)19-16(7-4-8-16)15-17-11-18-20-15/h3,5-6,9,11H,2,4,7-8,10H2,1H3,(H,19,21)(H,17,18,20). The van der Waals surface area contributed by atoms with E-state index in [0.29, 0.717) is 6.42 Å². The van der Waals surface area contributed by atoms with Gasteiger partial charge in [-0.25, -0.2) is 4.98 Å². The first-order valence-corrected chi connectivity index (χ1v) is 7.46. The van der Waals surface area contributed by atoms with E-state index in [4.69, 9.17) is 0 Å². The first kappa shape index (κ1) is 13.8. The van der Waals surface area contributed by atoms with Gasteiger partial charge in [0, 0.05) is 0 Å². The molecule has 1 aliphatic carbocycles. The molecule has 1 saturated carbocycles. The number of carbonyl (C=O) groups excluding carboxylic acids is 1. The molecule has 0 radical (unpaired) electrons. The highest BCUT2D eigenvalue weighted by Gasteiger charge is 2.42. The molecule has 1 aromatic carbocycles. The van der Waals surface area contributed by atoms with Crippen molar-refractivity contribution >= 4 is 5.91 Å². The second kappa shape index (κ2) is 5.68. The van der Waals surface area contributed by atoms with Gasteiger partial charge in [0.1, 0.15) is 12.2 Å². The normalized spacial score (nSPS) is 16.2. The lowest BCUT2D eigenvalue weighted by atomic mass is 9.76. The second-order valence-corrected chi connectivity index (χ2v) is 5.67. The topological polar surface area (TPSA) is 70.7 Å². The average molecular weight is 284 g/mol. The molecule has 2 N–H and O–H groups in total. The highest BCUT2D eigenvalue weighted by atomic mass is 16.1. The Morgan fingerprint density at radius 2 is 2.19 bits per heavy atom. The molecule has 0 unspecified atom stereocenters. The van der Waals surface area contributed by atoms with Gasteiger partial charge in [0.2, 0.25) is 5.91 Å². The van der Waals surface area contributed by atoms with Crippen LogP contribution in [0.15, 0.2) is 30.6 Å². The molecule has 5 nitrogen and oxygen atoms in total. The number of aromatic nitrogens is 3. The van der Waals surface area contributed by atoms with Crippen LogP contribution in [-0.4, -0.2) is 21.1 Å². The van der Waals surface area contributed by atoms with Gasteiger partial charge in [0.05, 0.1) is 12.0 Å². The van der Waals surface area contributed by atoms with Gasteiger partial charge in [-0.1, -0.05) is 31.2 Å². The van der Waals surface area contributed by atoms with Crippen molar-refractivity contribution in [2.24, 2.45) is 0 Å². The third-order valence-corrected chi connectivity index (χ3v) is 4.22. The minimum Gasteiger partial charge on any atom is -0.343 e. The fraction of sp³-hybridized carbons (Fsp3) is 0.438. The Hall–Kier alpha value is -2.17. The van der Waals surface area contributed by atoms with Crippen molar-refractivity contribution in [2.75, 3.05) is 0 Å². The number of nitrogens with zero attached hydrogens (tertiary/aromatic N) is 2. The maximum atomic E-state index is 12.3. The third-order valence-electron chi connectivity index (χ3n) is 4.22. The van der Waals surface area contributed by atoms with Gasteiger partial charge in [-0.15, -0.1) is 0 Å². The molecule has 5 heteroatoms. The number of hydrogen-bond donors (Lipinski definition) is 2. The summed E-state index contributed by atoms with van der Waals surface area (Å²) in [7, 11) is 0. The molecule has 1 amide bonds. The fourth-order valence-corrected chi connectivity index (χ4v) is 2.84. The van der Waals surface area contributed by atoms with Crippen molar-refractivity contribution in [2.45, 2.75) is 44.6 Å². The van der Waals surface area contributed by atoms with E-state index >= 15 is 0 Å². The van der Waals surface area contributed by atoms with Crippen LogP contribution in [0.2, 0.25) is 0 Å². The van der Waals surface area contributed by atoms with Gasteiger partial charge in [0.15, 0.2) is 0 Å². The summed E-state index contributed by atoms with van der Waals surface area (Å²) in [5, 5.41) is 9.93. The third kappa shape index (κ3) is 2.82. The van der Waals surface area contributed by atoms with Gasteiger partial charge < -0.3 is 5.32 Å². The summed E-state index contributed by atoms with van der Waals surface area (Å²) in [6.07, 6.45) is 5.83. The first-order chi connectivity index (χ1) is 10.2. The Labute approximate surface area is 124 Å². The van der Waals surface area contributed by atoms with Crippen molar-refractivity contribution in [1.82, 2.24) is 20.5 Å². The molecule has 0 bridgehead atoms. The van der Waals surface area contributed by atoms with Crippen molar-refractivity contribution in [3.63, 3.8) is 0 Å². The fourth-order valence-electron chi connectivity index (χ4n) is 2.84. The van der Waals surface area contributed by atoms with Gasteiger partial charge >= 0.3 is 0 Å². The maximum Gasteiger partial charge on any atom is 0.225 e. The molecule has 1 fully saturated rings. The van der Waals surface area contributed by atoms with Crippen LogP contribution in [0.5, 0.6) is 0 Å². The second-order valence-electron chi connectivity index (χ2n) is 5.67. The Morgan fingerprint density at radius 3 is 2.81 bits per heavy atom. The van der Waals surface area contributed by atoms with E-state index < -0.39 is 0 Å². The molecule has 1 aliphatic rings. The van der Waals surface area contributed by atoms with Crippen molar-refractivity contribution in [1.29, 1.82) is 0 Å². The van der Waals surface area contributed by atoms with Gasteiger partial charge in [-0.3, -0.25) is 9.89 Å². The summed E-state index contributed by atoms with van der Waals surface area (Å²) in [6, 6.07) is 8.20. The summed E-state index contributed by atoms with van der Waals surface area (Å²) in [6.45, 7) is 2.12. The molecule has 1 aromatic heterocycles. The molecule has 21 heavy (non-hydrogen) atoms. The smallest absolute Gasteiger partial charge is 0.225 e. The SMILES string of the molecule is CCc1cccc(CC(=O)NC2(c3ncn[nH]3)CCC2)c1. The van der Waals surface area contributed by atoms with E-state index in [1.807, 2.05) is 12.1 Å². The van der Waals surface area contributed by atoms with Gasteiger partial charge in [0.25, 0.3) is 0 Å². The molecule has 0 spiro atoms. The number of benzene rings is 1. The van der Waals surface area contributed by atoms with Gasteiger partial charge in [-0.05, 0) is 36.8 Å². The highest BCUT2D eigenvalue weighted by molar-refractivity contribution is 5.79. The largest absolute Gasteiger partial charge is 0.343 e. The molecule has 1 heterocycles. The summed E-state index contributed by atoms with van der Waals surface area (Å²) < 4.78 is 0. The van der Waals surface area contributed by atoms with Crippen LogP contribution < -0.4 is 5.32 Å². The van der Waals surface area contributed by atoms with E-state index in [-0.39, 0.29) is 11.4 Å². The van der Waals surface area contributed by atoms with Crippen LogP contribution in [-0.2, 0) is 23.2 Å². The zero-order valence-electron chi connectivity index (χ0n) is 12.2. The maximum absolute atomic E-state index is 12.3. The highest BCUT2D eigenvalue weighted by Crippen LogP contribution is 2.39. The van der Waals surface area contributed by atoms with E-state index in [1.54, 1.807) is 0 Å². The predicted octanol–water partition coefficient (Wildman–Crippen LogP) is 2.11. The molecule has 2 aromatic rings. The van der Waals surface area contributed by atoms with Crippen LogP contribution in [0.25, 0.3) is 0 Å². The summed E-state index contributed by atoms with van der Waals surface area (Å²) in [5.41, 5.74) is 1.98. The summed E-state index contributed by atoms with van der Waals surface area (Å²) in [5.74, 6) is 0.809. The number of nitrogens with one attached hydrogen (secondary N) is 2. The summed E-state index contributed by atoms with van der Waals surface area (Å²) in [4.78, 5) is 16.6. The Morgan fingerprint density at radius 1 is 1.38 bits per heavy atom. The van der Waals surface area contributed by atoms with Crippen LogP contribution in [0.3, 0.4) is 0 Å². The van der Waals surface area contributed by atoms with Crippen LogP contribution in [0, 0.1) is 0 Å². The number of aromatic amines is 1. The number of hydrogen-bond acceptors (Lipinski definition) is 3. The van der Waals surface area contributed by atoms with Crippen LogP contribution in [0.4, 0.5) is 0 Å². The quantitative estimate of drug-likeness (QED) is 0.883. The predicted molar refractivity (Wildman–Crippen MR) is 79.6 cm³/mol. The van der Waals surface area contributed by atoms with E-state index in [1.165, 1.54) is 11.9 Å². The van der Waals surface area contributed by atoms with Crippen molar-refractivity contribution in [3.8, 4) is 0 Å². The Balaban J connectivity index is 1.68. The molecule has 0 aliphatic heterocycles. The first-order valence-electron chi connectivity index (χ1n) is 7.46. The van der Waals surface area contributed by atoms with E-state index in [0.717, 1.165) is 37.1 Å². The Bertz CT molecular complexity index is 617. The minimum absolute atomic E-state index is 0.0411. The molecular formula is C16H20N4O. The number of rotatable bonds is 5. The zero-order chi connectivity index (χ0) is 14.7. The number of carbonyl (C=O) groups is 1. The van der Waals surface area contributed by atoms with Crippen LogP contribution >= 0.6 is 0 Å². The molecule has 0 atom stereocenters. The monoisotopic (exact) mass is 284 g/mol. The zero-order valence-corrected chi connectivity index (χ0v) is 12.2. The lowest BCUT2D eigenvalue weighted by Gasteiger charge is -2.40. The number of aryl methyl sites for hydroxylation is 1. The van der Waals surface area contributed by atoms with E-state index in [2.05, 4.69) is 39.6 Å². The number of amides is 1. The van der Waals surface area contributed by atoms with Crippen LogP contribution in [0.1, 0.15) is 43.1 Å². The van der Waals surface area contributed by atoms with Gasteiger partial charge in [-0.2, -0.15) is 5.10 Å². The molecule has 0 saturated heterocycles. The van der Waals surface area contributed by atoms with Crippen molar-refractivity contribution in [3.05, 3.63) is 47.5 Å². The lowest BCUT2D eigenvalue weighted by Crippen LogP contribution is -2.52. The van der Waals surface area contributed by atoms with E-state index in [9.17, 15) is 4.79 Å². The minimum atomic E-state index is -0.337. The molecule has 3 rings (SSSR count). The number of H-pyrrole nitrogens is 1. The molecular weight excluding hydrogens is 264 g/mol. The molecule has 110 valence electrons. The Kier molecular flexibility index (Phi) is 3.73. The van der Waals surface area contributed by atoms with Crippen molar-refractivity contribution < 1.29 is 4.79 Å². The lowest BCUT2D eigenvalue weighted by molar-refractivity contribution is -0.123. The average Bonchev–Trinajstić information content (AvgIpc) is 2.97.